The predicted molar refractivity (Wildman–Crippen MR) is 111 cm³/mol. The van der Waals surface area contributed by atoms with Gasteiger partial charge >= 0.3 is 0 Å². The lowest BCUT2D eigenvalue weighted by Crippen LogP contribution is -2.34. The van der Waals surface area contributed by atoms with Crippen molar-refractivity contribution in [3.05, 3.63) is 64.2 Å². The molecule has 2 aromatic carbocycles. The van der Waals surface area contributed by atoms with Crippen LogP contribution in [0, 0.1) is 10.1 Å². The third kappa shape index (κ3) is 7.04. The Labute approximate surface area is 179 Å². The van der Waals surface area contributed by atoms with Crippen LogP contribution < -0.4 is 14.8 Å². The quantitative estimate of drug-likeness (QED) is 0.309. The average Bonchev–Trinajstić information content (AvgIpc) is 2.75. The van der Waals surface area contributed by atoms with Crippen LogP contribution in [0.5, 0.6) is 5.75 Å². The van der Waals surface area contributed by atoms with Gasteiger partial charge < -0.3 is 15.0 Å². The molecule has 0 aliphatic carbocycles. The van der Waals surface area contributed by atoms with Crippen molar-refractivity contribution < 1.29 is 27.7 Å². The lowest BCUT2D eigenvalue weighted by Gasteiger charge is -2.12. The summed E-state index contributed by atoms with van der Waals surface area (Å²) in [5.41, 5.74) is -0.0677. The molecule has 0 bridgehead atoms. The molecule has 0 fully saturated rings. The number of nitro groups is 1. The van der Waals surface area contributed by atoms with Crippen molar-refractivity contribution in [1.82, 2.24) is 14.9 Å². The van der Waals surface area contributed by atoms with Gasteiger partial charge in [0.1, 0.15) is 5.75 Å². The average molecular weight is 450 g/mol. The van der Waals surface area contributed by atoms with Gasteiger partial charge in [0.05, 0.1) is 9.82 Å². The Bertz CT molecular complexity index is 1070. The molecule has 0 heterocycles. The van der Waals surface area contributed by atoms with Crippen LogP contribution in [0.2, 0.25) is 0 Å². The number of amides is 2. The van der Waals surface area contributed by atoms with E-state index in [1.807, 2.05) is 0 Å². The van der Waals surface area contributed by atoms with Gasteiger partial charge in [-0.25, -0.2) is 13.1 Å². The van der Waals surface area contributed by atoms with Crippen LogP contribution >= 0.6 is 0 Å². The van der Waals surface area contributed by atoms with Crippen molar-refractivity contribution >= 4 is 27.5 Å². The summed E-state index contributed by atoms with van der Waals surface area (Å²) >= 11 is 0. The number of carbonyl (C=O) groups excluding carboxylic acids is 2. The minimum atomic E-state index is -3.97. The number of non-ortho nitro benzene ring substituents is 1. The highest BCUT2D eigenvalue weighted by atomic mass is 32.2. The molecule has 0 aromatic heterocycles. The smallest absolute Gasteiger partial charge is 0.270 e. The van der Waals surface area contributed by atoms with Crippen LogP contribution in [-0.2, 0) is 14.8 Å². The molecule has 11 nitrogen and oxygen atoms in total. The van der Waals surface area contributed by atoms with Crippen molar-refractivity contribution in [3.63, 3.8) is 0 Å². The van der Waals surface area contributed by atoms with E-state index in [-0.39, 0.29) is 41.7 Å². The number of carbonyl (C=O) groups is 2. The predicted octanol–water partition coefficient (Wildman–Crippen LogP) is 0.770. The van der Waals surface area contributed by atoms with Gasteiger partial charge in [-0.1, -0.05) is 12.1 Å². The molecule has 0 radical (unpaired) electrons. The molecule has 0 saturated carbocycles. The van der Waals surface area contributed by atoms with Crippen LogP contribution in [0.1, 0.15) is 10.4 Å². The first-order chi connectivity index (χ1) is 14.6. The van der Waals surface area contributed by atoms with Gasteiger partial charge in [0.25, 0.3) is 17.5 Å². The summed E-state index contributed by atoms with van der Waals surface area (Å²) < 4.78 is 32.1. The van der Waals surface area contributed by atoms with E-state index in [0.717, 1.165) is 6.07 Å². The second-order valence-electron chi connectivity index (χ2n) is 6.51. The van der Waals surface area contributed by atoms with E-state index in [1.165, 1.54) is 29.2 Å². The Balaban J connectivity index is 1.88. The van der Waals surface area contributed by atoms with Crippen molar-refractivity contribution in [2.24, 2.45) is 0 Å². The molecule has 0 atom stereocenters. The first-order valence-corrected chi connectivity index (χ1v) is 10.5. The maximum Gasteiger partial charge on any atom is 0.270 e. The van der Waals surface area contributed by atoms with Crippen LogP contribution in [0.25, 0.3) is 0 Å². The van der Waals surface area contributed by atoms with Gasteiger partial charge in [0, 0.05) is 44.9 Å². The maximum atomic E-state index is 12.3. The highest BCUT2D eigenvalue weighted by Gasteiger charge is 2.17. The molecule has 2 rings (SSSR count). The molecule has 0 aliphatic heterocycles. The first kappa shape index (κ1) is 23.8. The van der Waals surface area contributed by atoms with E-state index in [0.29, 0.717) is 5.75 Å². The molecular formula is C19H22N4O7S. The number of nitrogens with one attached hydrogen (secondary N) is 2. The molecule has 0 spiro atoms. The van der Waals surface area contributed by atoms with E-state index in [9.17, 15) is 28.1 Å². The molecule has 166 valence electrons. The zero-order chi connectivity index (χ0) is 23.0. The van der Waals surface area contributed by atoms with Crippen LogP contribution in [0.15, 0.2) is 53.4 Å². The Morgan fingerprint density at radius 1 is 1.10 bits per heavy atom. The maximum absolute atomic E-state index is 12.3. The van der Waals surface area contributed by atoms with Crippen molar-refractivity contribution in [3.8, 4) is 5.75 Å². The zero-order valence-electron chi connectivity index (χ0n) is 16.9. The standard InChI is InChI=1S/C19H22N4O7S/c1-22(2)18(24)13-30-16-7-3-5-14(11-16)19(25)20-9-10-21-31(28,29)17-8-4-6-15(12-17)23(26)27/h3-8,11-12,21H,9-10,13H2,1-2H3,(H,20,25). The fraction of sp³-hybridized carbons (Fsp3) is 0.263. The zero-order valence-corrected chi connectivity index (χ0v) is 17.7. The van der Waals surface area contributed by atoms with Crippen LogP contribution in [0.4, 0.5) is 5.69 Å². The number of sulfonamides is 1. The largest absolute Gasteiger partial charge is 0.484 e. The van der Waals surface area contributed by atoms with Crippen molar-refractivity contribution in [2.75, 3.05) is 33.8 Å². The molecule has 2 amide bonds. The van der Waals surface area contributed by atoms with Gasteiger partial charge in [0.2, 0.25) is 10.0 Å². The highest BCUT2D eigenvalue weighted by molar-refractivity contribution is 7.89. The first-order valence-electron chi connectivity index (χ1n) is 9.05. The number of rotatable bonds is 10. The minimum Gasteiger partial charge on any atom is -0.484 e. The summed E-state index contributed by atoms with van der Waals surface area (Å²) in [5, 5.41) is 13.4. The number of ether oxygens (including phenoxy) is 1. The summed E-state index contributed by atoms with van der Waals surface area (Å²) in [7, 11) is -0.770. The number of benzene rings is 2. The SMILES string of the molecule is CN(C)C(=O)COc1cccc(C(=O)NCCNS(=O)(=O)c2cccc([N+](=O)[O-])c2)c1. The third-order valence-corrected chi connectivity index (χ3v) is 5.46. The van der Waals surface area contributed by atoms with E-state index in [1.54, 1.807) is 32.3 Å². The van der Waals surface area contributed by atoms with Crippen molar-refractivity contribution in [1.29, 1.82) is 0 Å². The van der Waals surface area contributed by atoms with Gasteiger partial charge in [-0.3, -0.25) is 19.7 Å². The lowest BCUT2D eigenvalue weighted by atomic mass is 10.2. The van der Waals surface area contributed by atoms with Gasteiger partial charge in [-0.15, -0.1) is 0 Å². The van der Waals surface area contributed by atoms with E-state index in [4.69, 9.17) is 4.74 Å². The Kier molecular flexibility index (Phi) is 8.05. The normalized spacial score (nSPS) is 10.9. The van der Waals surface area contributed by atoms with E-state index < -0.39 is 20.9 Å². The monoisotopic (exact) mass is 450 g/mol. The number of likely N-dealkylation sites (N-methyl/N-ethyl adjacent to an activating group) is 1. The molecule has 31 heavy (non-hydrogen) atoms. The van der Waals surface area contributed by atoms with Gasteiger partial charge in [-0.2, -0.15) is 0 Å². The highest BCUT2D eigenvalue weighted by Crippen LogP contribution is 2.17. The van der Waals surface area contributed by atoms with Gasteiger partial charge in [0.15, 0.2) is 6.61 Å². The Hall–Kier alpha value is -3.51. The molecule has 12 heteroatoms. The molecule has 0 unspecified atom stereocenters. The number of nitrogens with zero attached hydrogens (tertiary/aromatic N) is 2. The Morgan fingerprint density at radius 2 is 1.81 bits per heavy atom. The molecule has 0 aliphatic rings. The fourth-order valence-electron chi connectivity index (χ4n) is 2.31. The molecule has 2 N–H and O–H groups in total. The topological polar surface area (TPSA) is 148 Å². The van der Waals surface area contributed by atoms with Gasteiger partial charge in [-0.05, 0) is 24.3 Å². The van der Waals surface area contributed by atoms with E-state index in [2.05, 4.69) is 10.0 Å². The Morgan fingerprint density at radius 3 is 2.48 bits per heavy atom. The van der Waals surface area contributed by atoms with Crippen LogP contribution in [-0.4, -0.2) is 63.8 Å². The summed E-state index contributed by atoms with van der Waals surface area (Å²) in [5.74, 6) is -0.348. The fourth-order valence-corrected chi connectivity index (χ4v) is 3.38. The van der Waals surface area contributed by atoms with Crippen molar-refractivity contribution in [2.45, 2.75) is 4.90 Å². The molecule has 0 saturated heterocycles. The summed E-state index contributed by atoms with van der Waals surface area (Å²) in [6.45, 7) is -0.307. The second-order valence-corrected chi connectivity index (χ2v) is 8.28. The molecule has 2 aromatic rings. The third-order valence-electron chi connectivity index (χ3n) is 4.00. The number of hydrogen-bond acceptors (Lipinski definition) is 7. The summed E-state index contributed by atoms with van der Waals surface area (Å²) in [6, 6.07) is 10.9. The lowest BCUT2D eigenvalue weighted by molar-refractivity contribution is -0.385. The number of hydrogen-bond donors (Lipinski definition) is 2. The van der Waals surface area contributed by atoms with Crippen LogP contribution in [0.3, 0.4) is 0 Å². The second kappa shape index (κ2) is 10.5. The molecular weight excluding hydrogens is 428 g/mol. The summed E-state index contributed by atoms with van der Waals surface area (Å²) in [4.78, 5) is 35.1. The number of nitro benzene ring substituents is 1. The van der Waals surface area contributed by atoms with E-state index >= 15 is 0 Å². The minimum absolute atomic E-state index is 0.0167. The summed E-state index contributed by atoms with van der Waals surface area (Å²) in [6.07, 6.45) is 0.